The van der Waals surface area contributed by atoms with Gasteiger partial charge in [0.15, 0.2) is 6.61 Å². The summed E-state index contributed by atoms with van der Waals surface area (Å²) in [5.41, 5.74) is 2.46. The first-order valence-corrected chi connectivity index (χ1v) is 11.8. The molecule has 1 fully saturated rings. The van der Waals surface area contributed by atoms with Gasteiger partial charge in [0.1, 0.15) is 17.3 Å². The molecule has 1 aromatic heterocycles. The van der Waals surface area contributed by atoms with Gasteiger partial charge in [0.25, 0.3) is 5.91 Å². The smallest absolute Gasteiger partial charge is 0.482 e. The molecule has 1 aliphatic heterocycles. The third-order valence-corrected chi connectivity index (χ3v) is 6.12. The number of pyridine rings is 1. The minimum absolute atomic E-state index is 0.0622. The third kappa shape index (κ3) is 6.70. The van der Waals surface area contributed by atoms with Gasteiger partial charge in [-0.05, 0) is 68.9 Å². The molecular formula is C25H26ClF3N4O3. The summed E-state index contributed by atoms with van der Waals surface area (Å²) in [5.74, 6) is 0.0869. The Labute approximate surface area is 211 Å². The largest absolute Gasteiger partial charge is 0.573 e. The number of anilines is 2. The zero-order valence-electron chi connectivity index (χ0n) is 19.9. The van der Waals surface area contributed by atoms with Gasteiger partial charge in [-0.15, -0.1) is 13.2 Å². The molecule has 0 radical (unpaired) electrons. The predicted octanol–water partition coefficient (Wildman–Crippen LogP) is 5.25. The second-order valence-corrected chi connectivity index (χ2v) is 9.06. The number of rotatable bonds is 6. The average molecular weight is 523 g/mol. The van der Waals surface area contributed by atoms with Crippen LogP contribution < -0.4 is 19.7 Å². The summed E-state index contributed by atoms with van der Waals surface area (Å²) in [6, 6.07) is 10.8. The fraction of sp³-hybridized carbons (Fsp3) is 0.360. The summed E-state index contributed by atoms with van der Waals surface area (Å²) < 4.78 is 46.2. The van der Waals surface area contributed by atoms with Gasteiger partial charge in [0, 0.05) is 36.8 Å². The Balaban J connectivity index is 1.39. The third-order valence-electron chi connectivity index (χ3n) is 5.82. The maximum Gasteiger partial charge on any atom is 0.573 e. The number of alkyl halides is 3. The van der Waals surface area contributed by atoms with Gasteiger partial charge in [-0.2, -0.15) is 0 Å². The molecule has 1 aliphatic rings. The van der Waals surface area contributed by atoms with E-state index in [1.54, 1.807) is 6.07 Å². The number of ether oxygens (including phenoxy) is 2. The molecule has 0 saturated carbocycles. The number of aryl methyl sites for hydroxylation is 1. The van der Waals surface area contributed by atoms with Crippen LogP contribution in [0.4, 0.5) is 24.7 Å². The minimum atomic E-state index is -4.83. The van der Waals surface area contributed by atoms with Gasteiger partial charge in [-0.1, -0.05) is 11.6 Å². The zero-order valence-corrected chi connectivity index (χ0v) is 20.6. The number of nitrogens with one attached hydrogen (secondary N) is 1. The monoisotopic (exact) mass is 522 g/mol. The van der Waals surface area contributed by atoms with Gasteiger partial charge < -0.3 is 24.6 Å². The lowest BCUT2D eigenvalue weighted by Gasteiger charge is -2.22. The van der Waals surface area contributed by atoms with E-state index in [0.29, 0.717) is 5.69 Å². The van der Waals surface area contributed by atoms with Crippen molar-refractivity contribution < 1.29 is 27.4 Å². The average Bonchev–Trinajstić information content (AvgIpc) is 3.02. The molecule has 0 bridgehead atoms. The highest BCUT2D eigenvalue weighted by Crippen LogP contribution is 2.32. The number of fused-ring (bicyclic) bond motifs is 1. The second-order valence-electron chi connectivity index (χ2n) is 8.65. The lowest BCUT2D eigenvalue weighted by molar-refractivity contribution is -0.274. The molecular weight excluding hydrogens is 497 g/mol. The molecule has 192 valence electrons. The molecule has 0 spiro atoms. The number of carbonyl (C=O) groups is 1. The van der Waals surface area contributed by atoms with Crippen LogP contribution in [0.15, 0.2) is 42.5 Å². The summed E-state index contributed by atoms with van der Waals surface area (Å²) >= 11 is 5.95. The number of amides is 1. The Bertz CT molecular complexity index is 1260. The molecule has 36 heavy (non-hydrogen) atoms. The molecule has 0 atom stereocenters. The van der Waals surface area contributed by atoms with Crippen molar-refractivity contribution in [2.24, 2.45) is 0 Å². The van der Waals surface area contributed by atoms with Gasteiger partial charge in [-0.25, -0.2) is 4.98 Å². The number of hydrogen-bond acceptors (Lipinski definition) is 6. The first-order valence-electron chi connectivity index (χ1n) is 11.4. The number of nitrogens with zero attached hydrogens (tertiary/aromatic N) is 3. The number of hydrogen-bond donors (Lipinski definition) is 1. The quantitative estimate of drug-likeness (QED) is 0.477. The Morgan fingerprint density at radius 1 is 1.11 bits per heavy atom. The van der Waals surface area contributed by atoms with Crippen molar-refractivity contribution in [3.63, 3.8) is 0 Å². The van der Waals surface area contributed by atoms with E-state index in [2.05, 4.69) is 33.0 Å². The molecule has 7 nitrogen and oxygen atoms in total. The standard InChI is InChI=1S/C25H26ClF3N4O3/c1-16-12-23(33-9-3-8-32(2)10-11-33)31-21-6-4-17(13-19(16)21)30-24(34)15-35-22-7-5-18(14-20(22)26)36-25(27,28)29/h4-7,12-14H,3,8-11,15H2,1-2H3,(H,30,34). The Morgan fingerprint density at radius 3 is 2.67 bits per heavy atom. The van der Waals surface area contributed by atoms with Crippen molar-refractivity contribution in [2.45, 2.75) is 19.7 Å². The normalized spacial score (nSPS) is 15.0. The molecule has 3 aromatic rings. The van der Waals surface area contributed by atoms with Crippen LogP contribution >= 0.6 is 11.6 Å². The molecule has 1 saturated heterocycles. The molecule has 1 N–H and O–H groups in total. The molecule has 1 amide bonds. The number of benzene rings is 2. The van der Waals surface area contributed by atoms with E-state index in [9.17, 15) is 18.0 Å². The van der Waals surface area contributed by atoms with Crippen LogP contribution in [0.25, 0.3) is 10.9 Å². The van der Waals surface area contributed by atoms with E-state index in [1.165, 1.54) is 6.07 Å². The Morgan fingerprint density at radius 2 is 1.92 bits per heavy atom. The van der Waals surface area contributed by atoms with Crippen LogP contribution in [-0.2, 0) is 4.79 Å². The van der Waals surface area contributed by atoms with Gasteiger partial charge in [0.05, 0.1) is 10.5 Å². The van der Waals surface area contributed by atoms with E-state index in [4.69, 9.17) is 21.3 Å². The molecule has 11 heteroatoms. The van der Waals surface area contributed by atoms with Crippen LogP contribution in [0.5, 0.6) is 11.5 Å². The number of halogens is 4. The van der Waals surface area contributed by atoms with Crippen molar-refractivity contribution in [2.75, 3.05) is 50.1 Å². The van der Waals surface area contributed by atoms with Crippen molar-refractivity contribution in [1.82, 2.24) is 9.88 Å². The highest BCUT2D eigenvalue weighted by atomic mass is 35.5. The topological polar surface area (TPSA) is 66.9 Å². The van der Waals surface area contributed by atoms with Crippen LogP contribution in [0.3, 0.4) is 0 Å². The molecule has 0 unspecified atom stereocenters. The molecule has 4 rings (SSSR count). The summed E-state index contributed by atoms with van der Waals surface area (Å²) in [6.45, 7) is 5.57. The van der Waals surface area contributed by atoms with Crippen molar-refractivity contribution in [3.05, 3.63) is 53.1 Å². The van der Waals surface area contributed by atoms with E-state index in [0.717, 1.165) is 67.0 Å². The Kier molecular flexibility index (Phi) is 7.75. The second kappa shape index (κ2) is 10.8. The van der Waals surface area contributed by atoms with Crippen molar-refractivity contribution in [3.8, 4) is 11.5 Å². The SMILES string of the molecule is Cc1cc(N2CCCN(C)CC2)nc2ccc(NC(=O)COc3ccc(OC(F)(F)F)cc3Cl)cc12. The van der Waals surface area contributed by atoms with Gasteiger partial charge in [-0.3, -0.25) is 4.79 Å². The summed E-state index contributed by atoms with van der Waals surface area (Å²) in [7, 11) is 2.13. The van der Waals surface area contributed by atoms with Crippen LogP contribution in [0, 0.1) is 6.92 Å². The zero-order chi connectivity index (χ0) is 25.9. The Hall–Kier alpha value is -3.24. The van der Waals surface area contributed by atoms with E-state index < -0.39 is 18.0 Å². The van der Waals surface area contributed by atoms with Crippen LogP contribution in [-0.4, -0.2) is 62.0 Å². The maximum absolute atomic E-state index is 12.4. The number of likely N-dealkylation sites (N-methyl/N-ethyl adjacent to an activating group) is 1. The van der Waals surface area contributed by atoms with Crippen molar-refractivity contribution >= 4 is 39.9 Å². The lowest BCUT2D eigenvalue weighted by atomic mass is 10.1. The van der Waals surface area contributed by atoms with E-state index in [1.807, 2.05) is 19.1 Å². The summed E-state index contributed by atoms with van der Waals surface area (Å²) in [6.07, 6.45) is -3.75. The molecule has 0 aliphatic carbocycles. The van der Waals surface area contributed by atoms with Gasteiger partial charge >= 0.3 is 6.36 Å². The molecule has 2 aromatic carbocycles. The maximum atomic E-state index is 12.4. The first kappa shape index (κ1) is 25.8. The summed E-state index contributed by atoms with van der Waals surface area (Å²) in [5, 5.41) is 3.58. The molecule has 2 heterocycles. The highest BCUT2D eigenvalue weighted by Gasteiger charge is 2.31. The first-order chi connectivity index (χ1) is 17.1. The van der Waals surface area contributed by atoms with E-state index >= 15 is 0 Å². The minimum Gasteiger partial charge on any atom is -0.482 e. The van der Waals surface area contributed by atoms with Crippen LogP contribution in [0.2, 0.25) is 5.02 Å². The van der Waals surface area contributed by atoms with E-state index in [-0.39, 0.29) is 17.4 Å². The van der Waals surface area contributed by atoms with Gasteiger partial charge in [0.2, 0.25) is 0 Å². The van der Waals surface area contributed by atoms with Crippen molar-refractivity contribution in [1.29, 1.82) is 0 Å². The van der Waals surface area contributed by atoms with Crippen LogP contribution in [0.1, 0.15) is 12.0 Å². The predicted molar refractivity (Wildman–Crippen MR) is 133 cm³/mol. The highest BCUT2D eigenvalue weighted by molar-refractivity contribution is 6.32. The lowest BCUT2D eigenvalue weighted by Crippen LogP contribution is -2.29. The fourth-order valence-corrected chi connectivity index (χ4v) is 4.25. The number of carbonyl (C=O) groups excluding carboxylic acids is 1. The number of aromatic nitrogens is 1. The fourth-order valence-electron chi connectivity index (χ4n) is 4.03. The summed E-state index contributed by atoms with van der Waals surface area (Å²) in [4.78, 5) is 21.9.